The summed E-state index contributed by atoms with van der Waals surface area (Å²) >= 11 is 3.39. The smallest absolute Gasteiger partial charge is 0.232 e. The van der Waals surface area contributed by atoms with Crippen molar-refractivity contribution < 1.29 is 8.42 Å². The summed E-state index contributed by atoms with van der Waals surface area (Å²) in [7, 11) is -3.16. The number of hydrogen-bond donors (Lipinski definition) is 0. The van der Waals surface area contributed by atoms with E-state index in [1.807, 2.05) is 25.1 Å². The molecule has 1 heterocycles. The summed E-state index contributed by atoms with van der Waals surface area (Å²) in [6, 6.07) is 5.72. The van der Waals surface area contributed by atoms with Gasteiger partial charge in [-0.05, 0) is 37.1 Å². The number of halogens is 1. The number of rotatable bonds is 1. The van der Waals surface area contributed by atoms with Gasteiger partial charge in [-0.2, -0.15) is 0 Å². The van der Waals surface area contributed by atoms with E-state index in [1.54, 1.807) is 0 Å². The highest BCUT2D eigenvalue weighted by atomic mass is 79.9. The molecule has 1 aromatic carbocycles. The molecule has 1 aliphatic heterocycles. The van der Waals surface area contributed by atoms with Gasteiger partial charge in [0, 0.05) is 10.5 Å². The fourth-order valence-corrected chi connectivity index (χ4v) is 3.75. The lowest BCUT2D eigenvalue weighted by Crippen LogP contribution is -2.34. The Kier molecular flexibility index (Phi) is 2.55. The van der Waals surface area contributed by atoms with Gasteiger partial charge in [0.15, 0.2) is 0 Å². The van der Waals surface area contributed by atoms with E-state index in [-0.39, 0.29) is 6.04 Å². The van der Waals surface area contributed by atoms with Gasteiger partial charge in [0.2, 0.25) is 10.0 Å². The van der Waals surface area contributed by atoms with Gasteiger partial charge in [0.1, 0.15) is 0 Å². The van der Waals surface area contributed by atoms with Crippen molar-refractivity contribution >= 4 is 31.6 Å². The van der Waals surface area contributed by atoms with E-state index in [2.05, 4.69) is 15.9 Å². The molecule has 0 aliphatic carbocycles. The molecule has 5 heteroatoms. The van der Waals surface area contributed by atoms with Crippen LogP contribution < -0.4 is 4.31 Å². The molecule has 15 heavy (non-hydrogen) atoms. The summed E-state index contributed by atoms with van der Waals surface area (Å²) in [4.78, 5) is 0. The molecular weight excluding hydrogens is 278 g/mol. The van der Waals surface area contributed by atoms with Crippen LogP contribution in [-0.4, -0.2) is 20.7 Å². The van der Waals surface area contributed by atoms with Crippen molar-refractivity contribution in [2.24, 2.45) is 0 Å². The minimum atomic E-state index is -3.16. The molecule has 0 N–H and O–H groups in total. The van der Waals surface area contributed by atoms with Gasteiger partial charge in [-0.25, -0.2) is 8.42 Å². The highest BCUT2D eigenvalue weighted by Crippen LogP contribution is 2.35. The van der Waals surface area contributed by atoms with E-state index in [9.17, 15) is 8.42 Å². The average Bonchev–Trinajstić information content (AvgIpc) is 2.38. The van der Waals surface area contributed by atoms with Crippen LogP contribution in [0.15, 0.2) is 22.7 Å². The second kappa shape index (κ2) is 3.49. The van der Waals surface area contributed by atoms with Crippen LogP contribution in [0.3, 0.4) is 0 Å². The number of anilines is 1. The third-order valence-electron chi connectivity index (χ3n) is 2.55. The maximum Gasteiger partial charge on any atom is 0.232 e. The fraction of sp³-hybridized carbons (Fsp3) is 0.400. The highest BCUT2D eigenvalue weighted by molar-refractivity contribution is 9.10. The van der Waals surface area contributed by atoms with Crippen LogP contribution in [0.5, 0.6) is 0 Å². The molecule has 0 amide bonds. The number of hydrogen-bond acceptors (Lipinski definition) is 2. The highest BCUT2D eigenvalue weighted by Gasteiger charge is 2.32. The second-order valence-corrected chi connectivity index (χ2v) is 6.66. The monoisotopic (exact) mass is 289 g/mol. The molecule has 0 saturated carbocycles. The molecule has 1 unspecified atom stereocenters. The maximum atomic E-state index is 11.6. The van der Waals surface area contributed by atoms with Gasteiger partial charge >= 0.3 is 0 Å². The van der Waals surface area contributed by atoms with Gasteiger partial charge in [0.05, 0.1) is 11.9 Å². The van der Waals surface area contributed by atoms with Crippen molar-refractivity contribution in [2.75, 3.05) is 10.6 Å². The zero-order valence-corrected chi connectivity index (χ0v) is 11.0. The molecule has 0 radical (unpaired) electrons. The Bertz CT molecular complexity index is 498. The molecule has 3 nitrogen and oxygen atoms in total. The summed E-state index contributed by atoms with van der Waals surface area (Å²) in [5, 5.41) is 0. The third-order valence-corrected chi connectivity index (χ3v) is 4.32. The minimum Gasteiger partial charge on any atom is -0.267 e. The Morgan fingerprint density at radius 2 is 2.13 bits per heavy atom. The Morgan fingerprint density at radius 1 is 1.47 bits per heavy atom. The SMILES string of the molecule is CC1Cc2cc(Br)ccc2N1S(C)(=O)=O. The predicted molar refractivity (Wildman–Crippen MR) is 64.6 cm³/mol. The minimum absolute atomic E-state index is 0.0179. The zero-order chi connectivity index (χ0) is 11.2. The van der Waals surface area contributed by atoms with E-state index in [1.165, 1.54) is 10.6 Å². The van der Waals surface area contributed by atoms with Crippen molar-refractivity contribution in [3.05, 3.63) is 28.2 Å². The van der Waals surface area contributed by atoms with Gasteiger partial charge in [0.25, 0.3) is 0 Å². The number of fused-ring (bicyclic) bond motifs is 1. The summed E-state index contributed by atoms with van der Waals surface area (Å²) in [6.45, 7) is 1.93. The molecule has 0 bridgehead atoms. The van der Waals surface area contributed by atoms with E-state index < -0.39 is 10.0 Å². The molecular formula is C10H12BrNO2S. The predicted octanol–water partition coefficient (Wildman–Crippen LogP) is 2.16. The van der Waals surface area contributed by atoms with Crippen LogP contribution >= 0.6 is 15.9 Å². The Balaban J connectivity index is 2.56. The molecule has 0 fully saturated rings. The lowest BCUT2D eigenvalue weighted by Gasteiger charge is -2.21. The molecule has 82 valence electrons. The maximum absolute atomic E-state index is 11.6. The van der Waals surface area contributed by atoms with E-state index in [0.29, 0.717) is 0 Å². The first-order chi connectivity index (χ1) is 6.89. The van der Waals surface area contributed by atoms with Crippen molar-refractivity contribution in [3.63, 3.8) is 0 Å². The van der Waals surface area contributed by atoms with Crippen molar-refractivity contribution in [2.45, 2.75) is 19.4 Å². The van der Waals surface area contributed by atoms with Crippen LogP contribution in [0.2, 0.25) is 0 Å². The van der Waals surface area contributed by atoms with Crippen LogP contribution in [0, 0.1) is 0 Å². The van der Waals surface area contributed by atoms with Crippen molar-refractivity contribution in [3.8, 4) is 0 Å². The number of nitrogens with zero attached hydrogens (tertiary/aromatic N) is 1. The third kappa shape index (κ3) is 1.90. The van der Waals surface area contributed by atoms with E-state index >= 15 is 0 Å². The topological polar surface area (TPSA) is 37.4 Å². The van der Waals surface area contributed by atoms with Crippen LogP contribution in [-0.2, 0) is 16.4 Å². The van der Waals surface area contributed by atoms with Crippen molar-refractivity contribution in [1.82, 2.24) is 0 Å². The molecule has 0 aromatic heterocycles. The van der Waals surface area contributed by atoms with Gasteiger partial charge in [-0.3, -0.25) is 4.31 Å². The standard InChI is InChI=1S/C10H12BrNO2S/c1-7-5-8-6-9(11)3-4-10(8)12(7)15(2,13)14/h3-4,6-7H,5H2,1-2H3. The van der Waals surface area contributed by atoms with Crippen molar-refractivity contribution in [1.29, 1.82) is 0 Å². The molecule has 0 spiro atoms. The Hall–Kier alpha value is -0.550. The first-order valence-corrected chi connectivity index (χ1v) is 7.31. The number of benzene rings is 1. The first kappa shape index (κ1) is 11.0. The molecule has 1 aliphatic rings. The molecule has 0 saturated heterocycles. The Morgan fingerprint density at radius 3 is 2.73 bits per heavy atom. The summed E-state index contributed by atoms with van der Waals surface area (Å²) in [5.74, 6) is 0. The van der Waals surface area contributed by atoms with Crippen LogP contribution in [0.1, 0.15) is 12.5 Å². The summed E-state index contributed by atoms with van der Waals surface area (Å²) in [6.07, 6.45) is 2.03. The van der Waals surface area contributed by atoms with E-state index in [4.69, 9.17) is 0 Å². The molecule has 1 atom stereocenters. The van der Waals surface area contributed by atoms with E-state index in [0.717, 1.165) is 22.1 Å². The normalized spacial score (nSPS) is 20.5. The number of sulfonamides is 1. The largest absolute Gasteiger partial charge is 0.267 e. The van der Waals surface area contributed by atoms with Crippen LogP contribution in [0.25, 0.3) is 0 Å². The van der Waals surface area contributed by atoms with Gasteiger partial charge in [-0.1, -0.05) is 15.9 Å². The molecule has 2 rings (SSSR count). The fourth-order valence-electron chi connectivity index (χ4n) is 2.08. The quantitative estimate of drug-likeness (QED) is 0.795. The molecule has 1 aromatic rings. The summed E-state index contributed by atoms with van der Waals surface area (Å²) < 4.78 is 25.7. The lowest BCUT2D eigenvalue weighted by molar-refractivity contribution is 0.590. The van der Waals surface area contributed by atoms with Gasteiger partial charge in [-0.15, -0.1) is 0 Å². The second-order valence-electron chi connectivity index (χ2n) is 3.88. The zero-order valence-electron chi connectivity index (χ0n) is 8.57. The summed E-state index contributed by atoms with van der Waals surface area (Å²) in [5.41, 5.74) is 1.90. The first-order valence-electron chi connectivity index (χ1n) is 4.67. The Labute approximate surface area is 98.3 Å². The van der Waals surface area contributed by atoms with Crippen LogP contribution in [0.4, 0.5) is 5.69 Å². The lowest BCUT2D eigenvalue weighted by atomic mass is 10.1. The average molecular weight is 290 g/mol. The van der Waals surface area contributed by atoms with Gasteiger partial charge < -0.3 is 0 Å².